The molecule has 0 unspecified atom stereocenters. The molecule has 0 aliphatic rings. The van der Waals surface area contributed by atoms with E-state index in [2.05, 4.69) is 5.32 Å². The Morgan fingerprint density at radius 3 is 2.89 bits per heavy atom. The Morgan fingerprint density at radius 1 is 1.47 bits per heavy atom. The fourth-order valence-electron chi connectivity index (χ4n) is 1.69. The van der Waals surface area contributed by atoms with Crippen LogP contribution in [0.2, 0.25) is 5.02 Å². The molecule has 0 radical (unpaired) electrons. The van der Waals surface area contributed by atoms with Crippen molar-refractivity contribution < 1.29 is 4.79 Å². The second-order valence-corrected chi connectivity index (χ2v) is 5.97. The summed E-state index contributed by atoms with van der Waals surface area (Å²) >= 11 is 7.30. The predicted molar refractivity (Wildman–Crippen MR) is 83.0 cm³/mol. The lowest BCUT2D eigenvalue weighted by atomic mass is 10.2. The minimum absolute atomic E-state index is 0.146. The van der Waals surface area contributed by atoms with Crippen LogP contribution in [0.25, 0.3) is 10.1 Å². The van der Waals surface area contributed by atoms with Crippen molar-refractivity contribution in [1.82, 2.24) is 5.32 Å². The maximum absolute atomic E-state index is 12.1. The van der Waals surface area contributed by atoms with Crippen molar-refractivity contribution in [2.24, 2.45) is 0 Å². The lowest BCUT2D eigenvalue weighted by molar-refractivity contribution is 0.0963. The van der Waals surface area contributed by atoms with Crippen LogP contribution in [0.15, 0.2) is 29.8 Å². The summed E-state index contributed by atoms with van der Waals surface area (Å²) in [4.78, 5) is 12.6. The number of thiophene rings is 1. The molecule has 2 rings (SSSR count). The molecule has 0 spiro atoms. The number of benzene rings is 1. The Balaban J connectivity index is 2.27. The zero-order valence-corrected chi connectivity index (χ0v) is 12.4. The highest BCUT2D eigenvalue weighted by atomic mass is 35.5. The summed E-state index contributed by atoms with van der Waals surface area (Å²) in [6, 6.07) is 5.44. The maximum atomic E-state index is 12.1. The van der Waals surface area contributed by atoms with Gasteiger partial charge in [0.05, 0.1) is 5.69 Å². The Hall–Kier alpha value is -1.52. The molecular weight excluding hydrogens is 280 g/mol. The largest absolute Gasteiger partial charge is 0.397 e. The lowest BCUT2D eigenvalue weighted by Gasteiger charge is -2.01. The van der Waals surface area contributed by atoms with Crippen LogP contribution >= 0.6 is 22.9 Å². The molecule has 19 heavy (non-hydrogen) atoms. The molecule has 1 aromatic heterocycles. The molecule has 0 aliphatic heterocycles. The van der Waals surface area contributed by atoms with Crippen molar-refractivity contribution in [2.45, 2.75) is 13.8 Å². The van der Waals surface area contributed by atoms with Crippen molar-refractivity contribution in [3.05, 3.63) is 39.7 Å². The van der Waals surface area contributed by atoms with Gasteiger partial charge in [0.15, 0.2) is 0 Å². The van der Waals surface area contributed by atoms with Gasteiger partial charge in [-0.25, -0.2) is 0 Å². The fourth-order valence-corrected chi connectivity index (χ4v) is 3.00. The molecule has 2 aromatic rings. The molecule has 0 bridgehead atoms. The van der Waals surface area contributed by atoms with Crippen LogP contribution in [0.5, 0.6) is 0 Å². The Bertz CT molecular complexity index is 657. The number of hydrogen-bond acceptors (Lipinski definition) is 3. The number of carbonyl (C=O) groups excluding carboxylic acids is 1. The van der Waals surface area contributed by atoms with Gasteiger partial charge in [-0.2, -0.15) is 0 Å². The van der Waals surface area contributed by atoms with Crippen molar-refractivity contribution in [3.63, 3.8) is 0 Å². The number of nitrogens with two attached hydrogens (primary N) is 1. The van der Waals surface area contributed by atoms with Crippen LogP contribution in [0.1, 0.15) is 23.5 Å². The van der Waals surface area contributed by atoms with E-state index in [0.717, 1.165) is 15.7 Å². The first-order valence-electron chi connectivity index (χ1n) is 5.88. The first-order chi connectivity index (χ1) is 8.99. The normalized spacial score (nSPS) is 10.5. The van der Waals surface area contributed by atoms with E-state index in [-0.39, 0.29) is 5.91 Å². The third-order valence-electron chi connectivity index (χ3n) is 2.67. The second kappa shape index (κ2) is 5.63. The summed E-state index contributed by atoms with van der Waals surface area (Å²) in [6.07, 6.45) is 1.96. The van der Waals surface area contributed by atoms with E-state index in [0.29, 0.717) is 22.1 Å². The summed E-state index contributed by atoms with van der Waals surface area (Å²) in [5.74, 6) is -0.146. The maximum Gasteiger partial charge on any atom is 0.263 e. The minimum Gasteiger partial charge on any atom is -0.397 e. The van der Waals surface area contributed by atoms with E-state index >= 15 is 0 Å². The minimum atomic E-state index is -0.146. The van der Waals surface area contributed by atoms with Gasteiger partial charge in [-0.3, -0.25) is 4.79 Å². The lowest BCUT2D eigenvalue weighted by Crippen LogP contribution is -2.23. The SMILES string of the molecule is CC(C)=CCNC(=O)c1sc2cc(Cl)ccc2c1N. The molecule has 1 amide bonds. The number of fused-ring (bicyclic) bond motifs is 1. The third kappa shape index (κ3) is 3.08. The number of nitrogens with one attached hydrogen (secondary N) is 1. The smallest absolute Gasteiger partial charge is 0.263 e. The van der Waals surface area contributed by atoms with Crippen LogP contribution in [-0.2, 0) is 0 Å². The standard InChI is InChI=1S/C14H15ClN2OS/c1-8(2)5-6-17-14(18)13-12(16)10-4-3-9(15)7-11(10)19-13/h3-5,7H,6,16H2,1-2H3,(H,17,18). The molecule has 0 saturated carbocycles. The molecule has 100 valence electrons. The second-order valence-electron chi connectivity index (χ2n) is 4.48. The summed E-state index contributed by atoms with van der Waals surface area (Å²) in [7, 11) is 0. The highest BCUT2D eigenvalue weighted by molar-refractivity contribution is 7.21. The van der Waals surface area contributed by atoms with Gasteiger partial charge in [-0.05, 0) is 32.0 Å². The fraction of sp³-hybridized carbons (Fsp3) is 0.214. The first-order valence-corrected chi connectivity index (χ1v) is 7.07. The molecule has 1 heterocycles. The first kappa shape index (κ1) is 13.9. The van der Waals surface area contributed by atoms with Gasteiger partial charge in [0.25, 0.3) is 5.91 Å². The van der Waals surface area contributed by atoms with Gasteiger partial charge in [0.2, 0.25) is 0 Å². The molecule has 0 fully saturated rings. The number of amides is 1. The van der Waals surface area contributed by atoms with Crippen molar-refractivity contribution in [3.8, 4) is 0 Å². The quantitative estimate of drug-likeness (QED) is 0.845. The van der Waals surface area contributed by atoms with Gasteiger partial charge >= 0.3 is 0 Å². The van der Waals surface area contributed by atoms with E-state index in [9.17, 15) is 4.79 Å². The highest BCUT2D eigenvalue weighted by Gasteiger charge is 2.15. The number of carbonyl (C=O) groups is 1. The molecule has 3 N–H and O–H groups in total. The monoisotopic (exact) mass is 294 g/mol. The number of halogens is 1. The molecule has 5 heteroatoms. The Kier molecular flexibility index (Phi) is 4.12. The van der Waals surface area contributed by atoms with Crippen LogP contribution in [0.3, 0.4) is 0 Å². The highest BCUT2D eigenvalue weighted by Crippen LogP contribution is 2.35. The van der Waals surface area contributed by atoms with Crippen molar-refractivity contribution in [1.29, 1.82) is 0 Å². The summed E-state index contributed by atoms with van der Waals surface area (Å²) in [5, 5.41) is 4.35. The van der Waals surface area contributed by atoms with E-state index in [1.54, 1.807) is 6.07 Å². The van der Waals surface area contributed by atoms with E-state index in [1.807, 2.05) is 32.1 Å². The molecule has 0 atom stereocenters. The Morgan fingerprint density at radius 2 is 2.21 bits per heavy atom. The molecule has 0 aliphatic carbocycles. The zero-order chi connectivity index (χ0) is 14.0. The molecule has 1 aromatic carbocycles. The van der Waals surface area contributed by atoms with E-state index in [4.69, 9.17) is 17.3 Å². The number of rotatable bonds is 3. The van der Waals surface area contributed by atoms with Gasteiger partial charge in [-0.15, -0.1) is 11.3 Å². The Labute approximate surface area is 121 Å². The van der Waals surface area contributed by atoms with Crippen LogP contribution in [0.4, 0.5) is 5.69 Å². The van der Waals surface area contributed by atoms with Gasteiger partial charge in [-0.1, -0.05) is 23.3 Å². The van der Waals surface area contributed by atoms with Gasteiger partial charge in [0.1, 0.15) is 4.88 Å². The average Bonchev–Trinajstić information content (AvgIpc) is 2.65. The van der Waals surface area contributed by atoms with E-state index < -0.39 is 0 Å². The zero-order valence-electron chi connectivity index (χ0n) is 10.8. The molecular formula is C14H15ClN2OS. The third-order valence-corrected chi connectivity index (χ3v) is 4.07. The summed E-state index contributed by atoms with van der Waals surface area (Å²) in [5.41, 5.74) is 7.70. The topological polar surface area (TPSA) is 55.1 Å². The molecule has 3 nitrogen and oxygen atoms in total. The van der Waals surface area contributed by atoms with Gasteiger partial charge in [0, 0.05) is 21.7 Å². The summed E-state index contributed by atoms with van der Waals surface area (Å²) in [6.45, 7) is 4.49. The number of hydrogen-bond donors (Lipinski definition) is 2. The number of anilines is 1. The van der Waals surface area contributed by atoms with Crippen LogP contribution in [-0.4, -0.2) is 12.5 Å². The number of allylic oxidation sites excluding steroid dienone is 1. The molecule has 0 saturated heterocycles. The van der Waals surface area contributed by atoms with Crippen molar-refractivity contribution in [2.75, 3.05) is 12.3 Å². The average molecular weight is 295 g/mol. The van der Waals surface area contributed by atoms with Gasteiger partial charge < -0.3 is 11.1 Å². The predicted octanol–water partition coefficient (Wildman–Crippen LogP) is 3.83. The van der Waals surface area contributed by atoms with Crippen LogP contribution in [0, 0.1) is 0 Å². The van der Waals surface area contributed by atoms with Crippen LogP contribution < -0.4 is 11.1 Å². The number of nitrogen functional groups attached to an aromatic ring is 1. The summed E-state index contributed by atoms with van der Waals surface area (Å²) < 4.78 is 0.928. The van der Waals surface area contributed by atoms with Crippen molar-refractivity contribution >= 4 is 44.6 Å². The van der Waals surface area contributed by atoms with E-state index in [1.165, 1.54) is 11.3 Å².